The van der Waals surface area contributed by atoms with Crippen molar-refractivity contribution in [3.8, 4) is 0 Å². The van der Waals surface area contributed by atoms with Crippen LogP contribution < -0.4 is 0 Å². The van der Waals surface area contributed by atoms with Gasteiger partial charge in [0.1, 0.15) is 6.10 Å². The lowest BCUT2D eigenvalue weighted by atomic mass is 10.1. The van der Waals surface area contributed by atoms with Crippen LogP contribution in [0.25, 0.3) is 0 Å². The Labute approximate surface area is 85.0 Å². The van der Waals surface area contributed by atoms with Gasteiger partial charge >= 0.3 is 0 Å². The molecule has 1 aromatic carbocycles. The molecule has 1 aromatic rings. The van der Waals surface area contributed by atoms with Crippen molar-refractivity contribution < 1.29 is 18.1 Å². The molecule has 78 valence electrons. The fraction of sp³-hybridized carbons (Fsp3) is 0.333. The van der Waals surface area contributed by atoms with E-state index < -0.39 is 17.5 Å². The Morgan fingerprint density at radius 3 is 2.57 bits per heavy atom. The summed E-state index contributed by atoms with van der Waals surface area (Å²) in [4.78, 5) is 0. The average molecular weight is 215 g/mol. The molecular weight excluding hydrogens is 204 g/mol. The van der Waals surface area contributed by atoms with Gasteiger partial charge in [0.2, 0.25) is 0 Å². The molecule has 0 saturated heterocycles. The minimum Gasteiger partial charge on any atom is -0.750 e. The first-order chi connectivity index (χ1) is 6.72. The van der Waals surface area contributed by atoms with Gasteiger partial charge in [-0.2, -0.15) is 0 Å². The Balaban J connectivity index is 2.53. The van der Waals surface area contributed by atoms with Crippen LogP contribution in [0.1, 0.15) is 5.56 Å². The highest BCUT2D eigenvalue weighted by Gasteiger charge is 2.08. The van der Waals surface area contributed by atoms with Crippen molar-refractivity contribution >= 4 is 11.4 Å². The maximum atomic E-state index is 10.2. The van der Waals surface area contributed by atoms with E-state index in [-0.39, 0.29) is 6.61 Å². The number of benzene rings is 1. The SMILES string of the molecule is O=S([O-])OC(CO)Cc1ccccc1. The standard InChI is InChI=1S/C9H12O4S/c10-7-9(13-14(11)12)6-8-4-2-1-3-5-8/h1-5,9-10H,6-7H2,(H,11,12)/p-1. The van der Waals surface area contributed by atoms with E-state index in [9.17, 15) is 8.76 Å². The molecule has 0 heterocycles. The number of hydrogen-bond acceptors (Lipinski definition) is 4. The molecular formula is C9H11O4S-. The van der Waals surface area contributed by atoms with Crippen LogP contribution in [-0.2, 0) is 22.0 Å². The zero-order valence-corrected chi connectivity index (χ0v) is 8.28. The molecule has 1 rings (SSSR count). The Kier molecular flexibility index (Phi) is 4.75. The van der Waals surface area contributed by atoms with Gasteiger partial charge in [-0.1, -0.05) is 30.3 Å². The number of aliphatic hydroxyl groups is 1. The second-order valence-corrected chi connectivity index (χ2v) is 3.40. The van der Waals surface area contributed by atoms with E-state index >= 15 is 0 Å². The Morgan fingerprint density at radius 1 is 1.43 bits per heavy atom. The van der Waals surface area contributed by atoms with Gasteiger partial charge in [-0.05, 0) is 5.56 Å². The highest BCUT2D eigenvalue weighted by Crippen LogP contribution is 2.06. The number of aliphatic hydroxyl groups excluding tert-OH is 1. The van der Waals surface area contributed by atoms with Crippen LogP contribution in [0.4, 0.5) is 0 Å². The molecule has 1 N–H and O–H groups in total. The summed E-state index contributed by atoms with van der Waals surface area (Å²) in [6.07, 6.45) is -0.318. The third-order valence-corrected chi connectivity index (χ3v) is 2.15. The summed E-state index contributed by atoms with van der Waals surface area (Å²) in [6, 6.07) is 9.25. The fourth-order valence-electron chi connectivity index (χ4n) is 1.12. The van der Waals surface area contributed by atoms with Crippen LogP contribution in [0.5, 0.6) is 0 Å². The maximum Gasteiger partial charge on any atom is 0.101 e. The summed E-state index contributed by atoms with van der Waals surface area (Å²) < 4.78 is 24.9. The van der Waals surface area contributed by atoms with Crippen LogP contribution in [0.2, 0.25) is 0 Å². The summed E-state index contributed by atoms with van der Waals surface area (Å²) in [5.41, 5.74) is 0.928. The summed E-state index contributed by atoms with van der Waals surface area (Å²) in [6.45, 7) is -0.317. The quantitative estimate of drug-likeness (QED) is 0.722. The Hall–Kier alpha value is -0.750. The van der Waals surface area contributed by atoms with Crippen molar-refractivity contribution in [3.05, 3.63) is 35.9 Å². The lowest BCUT2D eigenvalue weighted by molar-refractivity contribution is 0.118. The van der Waals surface area contributed by atoms with Gasteiger partial charge in [0.05, 0.1) is 18.0 Å². The van der Waals surface area contributed by atoms with E-state index in [0.29, 0.717) is 6.42 Å². The lowest BCUT2D eigenvalue weighted by Gasteiger charge is -2.15. The Bertz CT molecular complexity index is 288. The molecule has 2 unspecified atom stereocenters. The van der Waals surface area contributed by atoms with E-state index in [1.165, 1.54) is 0 Å². The smallest absolute Gasteiger partial charge is 0.101 e. The molecule has 0 spiro atoms. The van der Waals surface area contributed by atoms with E-state index in [1.807, 2.05) is 30.3 Å². The van der Waals surface area contributed by atoms with Crippen molar-refractivity contribution in [1.29, 1.82) is 0 Å². The van der Waals surface area contributed by atoms with E-state index in [0.717, 1.165) is 5.56 Å². The topological polar surface area (TPSA) is 69.6 Å². The largest absolute Gasteiger partial charge is 0.750 e. The van der Waals surface area contributed by atoms with Crippen molar-refractivity contribution in [1.82, 2.24) is 0 Å². The van der Waals surface area contributed by atoms with Crippen molar-refractivity contribution in [3.63, 3.8) is 0 Å². The van der Waals surface area contributed by atoms with Gasteiger partial charge in [-0.25, -0.2) is 4.21 Å². The first-order valence-electron chi connectivity index (χ1n) is 4.13. The maximum absolute atomic E-state index is 10.2. The molecule has 0 amide bonds. The molecule has 0 aliphatic heterocycles. The normalized spacial score (nSPS) is 15.0. The summed E-state index contributed by atoms with van der Waals surface area (Å²) in [5.74, 6) is 0. The number of hydrogen-bond donors (Lipinski definition) is 1. The summed E-state index contributed by atoms with van der Waals surface area (Å²) >= 11 is -2.58. The fourth-order valence-corrected chi connectivity index (χ4v) is 1.47. The zero-order chi connectivity index (χ0) is 10.4. The molecule has 5 heteroatoms. The summed E-state index contributed by atoms with van der Waals surface area (Å²) in [7, 11) is 0. The second kappa shape index (κ2) is 5.87. The monoisotopic (exact) mass is 215 g/mol. The predicted molar refractivity (Wildman–Crippen MR) is 51.0 cm³/mol. The predicted octanol–water partition coefficient (Wildman–Crippen LogP) is 0.401. The van der Waals surface area contributed by atoms with Crippen molar-refractivity contribution in [2.75, 3.05) is 6.61 Å². The molecule has 2 atom stereocenters. The van der Waals surface area contributed by atoms with E-state index in [4.69, 9.17) is 5.11 Å². The first-order valence-corrected chi connectivity index (χ1v) is 5.13. The van der Waals surface area contributed by atoms with E-state index in [2.05, 4.69) is 4.18 Å². The van der Waals surface area contributed by atoms with Gasteiger partial charge < -0.3 is 9.66 Å². The Morgan fingerprint density at radius 2 is 2.07 bits per heavy atom. The number of rotatable bonds is 5. The zero-order valence-electron chi connectivity index (χ0n) is 7.46. The third kappa shape index (κ3) is 3.97. The average Bonchev–Trinajstić information content (AvgIpc) is 2.17. The molecule has 0 radical (unpaired) electrons. The van der Waals surface area contributed by atoms with Crippen LogP contribution in [-0.4, -0.2) is 26.6 Å². The molecule has 0 saturated carbocycles. The third-order valence-electron chi connectivity index (χ3n) is 1.72. The molecule has 0 aliphatic carbocycles. The summed E-state index contributed by atoms with van der Waals surface area (Å²) in [5, 5.41) is 8.84. The molecule has 0 fully saturated rings. The molecule has 0 bridgehead atoms. The van der Waals surface area contributed by atoms with Crippen molar-refractivity contribution in [2.45, 2.75) is 12.5 Å². The van der Waals surface area contributed by atoms with Crippen LogP contribution in [0.3, 0.4) is 0 Å². The molecule has 14 heavy (non-hydrogen) atoms. The van der Waals surface area contributed by atoms with Gasteiger partial charge in [0.25, 0.3) is 0 Å². The molecule has 4 nitrogen and oxygen atoms in total. The van der Waals surface area contributed by atoms with Crippen molar-refractivity contribution in [2.24, 2.45) is 0 Å². The highest BCUT2D eigenvalue weighted by molar-refractivity contribution is 7.74. The van der Waals surface area contributed by atoms with Gasteiger partial charge in [-0.3, -0.25) is 4.18 Å². The minimum absolute atomic E-state index is 0.317. The molecule has 0 aromatic heterocycles. The van der Waals surface area contributed by atoms with Crippen LogP contribution in [0.15, 0.2) is 30.3 Å². The highest BCUT2D eigenvalue weighted by atomic mass is 32.2. The molecule has 0 aliphatic rings. The second-order valence-electron chi connectivity index (χ2n) is 2.79. The minimum atomic E-state index is -2.58. The van der Waals surface area contributed by atoms with Gasteiger partial charge in [0, 0.05) is 6.42 Å². The van der Waals surface area contributed by atoms with Crippen LogP contribution in [0, 0.1) is 0 Å². The van der Waals surface area contributed by atoms with Crippen LogP contribution >= 0.6 is 0 Å². The van der Waals surface area contributed by atoms with E-state index in [1.54, 1.807) is 0 Å². The van der Waals surface area contributed by atoms with Gasteiger partial charge in [-0.15, -0.1) is 0 Å². The first kappa shape index (κ1) is 11.3. The lowest BCUT2D eigenvalue weighted by Crippen LogP contribution is -2.21. The van der Waals surface area contributed by atoms with Gasteiger partial charge in [0.15, 0.2) is 0 Å².